The van der Waals surface area contributed by atoms with Gasteiger partial charge in [0.2, 0.25) is 5.91 Å². The van der Waals surface area contributed by atoms with E-state index in [1.807, 2.05) is 0 Å². The zero-order valence-corrected chi connectivity index (χ0v) is 14.1. The molecule has 1 atom stereocenters. The fourth-order valence-corrected chi connectivity index (χ4v) is 2.63. The molecule has 1 heterocycles. The minimum absolute atomic E-state index is 0. The minimum atomic E-state index is -0.0702. The molecule has 0 aromatic carbocycles. The summed E-state index contributed by atoms with van der Waals surface area (Å²) in [4.78, 5) is 13.8. The van der Waals surface area contributed by atoms with Crippen LogP contribution in [0.25, 0.3) is 0 Å². The third kappa shape index (κ3) is 7.09. The molecular weight excluding hydrogens is 301 g/mol. The third-order valence-electron chi connectivity index (χ3n) is 3.80. The summed E-state index contributed by atoms with van der Waals surface area (Å²) in [5.74, 6) is 0.542. The first-order valence-corrected chi connectivity index (χ1v) is 7.01. The van der Waals surface area contributed by atoms with Crippen molar-refractivity contribution in [1.29, 1.82) is 0 Å². The van der Waals surface area contributed by atoms with E-state index >= 15 is 0 Å². The average molecular weight is 330 g/mol. The van der Waals surface area contributed by atoms with Crippen LogP contribution in [0.15, 0.2) is 0 Å². The van der Waals surface area contributed by atoms with Gasteiger partial charge in [-0.1, -0.05) is 26.7 Å². The van der Waals surface area contributed by atoms with Crippen LogP contribution in [-0.4, -0.2) is 56.2 Å². The first-order chi connectivity index (χ1) is 8.72. The number of amides is 1. The molecule has 0 saturated carbocycles. The molecule has 1 unspecified atom stereocenters. The summed E-state index contributed by atoms with van der Waals surface area (Å²) in [5, 5.41) is 2.93. The Bertz CT molecular complexity index is 248. The van der Waals surface area contributed by atoms with E-state index in [1.165, 1.54) is 0 Å². The number of carbonyl (C=O) groups excluding carboxylic acids is 1. The summed E-state index contributed by atoms with van der Waals surface area (Å²) in [7, 11) is 0. The molecule has 0 aromatic rings. The van der Waals surface area contributed by atoms with Gasteiger partial charge in [0.1, 0.15) is 0 Å². The lowest BCUT2D eigenvalue weighted by Crippen LogP contribution is -2.52. The molecule has 0 radical (unpaired) electrons. The fraction of sp³-hybridized carbons (Fsp3) is 0.923. The van der Waals surface area contributed by atoms with Crippen molar-refractivity contribution < 1.29 is 9.53 Å². The van der Waals surface area contributed by atoms with Gasteiger partial charge in [0.25, 0.3) is 0 Å². The second-order valence-electron chi connectivity index (χ2n) is 4.80. The Hall–Kier alpha value is -0.0700. The number of nitrogens with two attached hydrogens (primary N) is 1. The van der Waals surface area contributed by atoms with E-state index < -0.39 is 0 Å². The molecule has 1 saturated heterocycles. The van der Waals surface area contributed by atoms with Gasteiger partial charge in [-0.15, -0.1) is 24.8 Å². The van der Waals surface area contributed by atoms with Crippen molar-refractivity contribution in [3.63, 3.8) is 0 Å². The van der Waals surface area contributed by atoms with E-state index in [0.29, 0.717) is 18.5 Å². The topological polar surface area (TPSA) is 67.6 Å². The van der Waals surface area contributed by atoms with Gasteiger partial charge in [0.05, 0.1) is 19.8 Å². The molecule has 1 fully saturated rings. The predicted octanol–water partition coefficient (Wildman–Crippen LogP) is 1.04. The lowest BCUT2D eigenvalue weighted by molar-refractivity contribution is -0.120. The Morgan fingerprint density at radius 2 is 1.80 bits per heavy atom. The largest absolute Gasteiger partial charge is 0.379 e. The van der Waals surface area contributed by atoms with Crippen molar-refractivity contribution in [2.24, 2.45) is 11.7 Å². The third-order valence-corrected chi connectivity index (χ3v) is 3.80. The lowest BCUT2D eigenvalue weighted by Gasteiger charge is -2.38. The van der Waals surface area contributed by atoms with Crippen LogP contribution in [0.1, 0.15) is 26.7 Å². The van der Waals surface area contributed by atoms with Gasteiger partial charge in [-0.3, -0.25) is 9.69 Å². The predicted molar refractivity (Wildman–Crippen MR) is 86.8 cm³/mol. The summed E-state index contributed by atoms with van der Waals surface area (Å²) < 4.78 is 5.39. The number of nitrogens with zero attached hydrogens (tertiary/aromatic N) is 1. The SMILES string of the molecule is CCC(CC)C(CNC(=O)CN)N1CCOCC1.Cl.Cl. The maximum atomic E-state index is 11.3. The Labute approximate surface area is 134 Å². The quantitative estimate of drug-likeness (QED) is 0.732. The van der Waals surface area contributed by atoms with Gasteiger partial charge in [-0.25, -0.2) is 0 Å². The second-order valence-corrected chi connectivity index (χ2v) is 4.80. The number of ether oxygens (including phenoxy) is 1. The van der Waals surface area contributed by atoms with Crippen molar-refractivity contribution in [2.75, 3.05) is 39.4 Å². The summed E-state index contributed by atoms with van der Waals surface area (Å²) in [5.41, 5.74) is 5.33. The van der Waals surface area contributed by atoms with Gasteiger partial charge >= 0.3 is 0 Å². The highest BCUT2D eigenvalue weighted by Crippen LogP contribution is 2.19. The highest BCUT2D eigenvalue weighted by Gasteiger charge is 2.26. The van der Waals surface area contributed by atoms with Gasteiger partial charge in [0, 0.05) is 25.7 Å². The van der Waals surface area contributed by atoms with Crippen LogP contribution in [0.3, 0.4) is 0 Å². The van der Waals surface area contributed by atoms with Gasteiger partial charge in [-0.05, 0) is 5.92 Å². The number of morpholine rings is 1. The second kappa shape index (κ2) is 12.7. The van der Waals surface area contributed by atoms with E-state index in [-0.39, 0.29) is 37.3 Å². The van der Waals surface area contributed by atoms with Gasteiger partial charge < -0.3 is 15.8 Å². The van der Waals surface area contributed by atoms with Crippen molar-refractivity contribution in [2.45, 2.75) is 32.7 Å². The number of halogens is 2. The normalized spacial score (nSPS) is 17.0. The molecule has 3 N–H and O–H groups in total. The number of hydrogen-bond acceptors (Lipinski definition) is 4. The molecule has 1 amide bonds. The first-order valence-electron chi connectivity index (χ1n) is 7.01. The number of rotatable bonds is 7. The number of nitrogens with one attached hydrogen (secondary N) is 1. The van der Waals surface area contributed by atoms with Crippen LogP contribution >= 0.6 is 24.8 Å². The lowest BCUT2D eigenvalue weighted by atomic mass is 9.92. The summed E-state index contributed by atoms with van der Waals surface area (Å²) >= 11 is 0. The van der Waals surface area contributed by atoms with Crippen LogP contribution in [0.5, 0.6) is 0 Å². The van der Waals surface area contributed by atoms with E-state index in [4.69, 9.17) is 10.5 Å². The Morgan fingerprint density at radius 1 is 1.25 bits per heavy atom. The minimum Gasteiger partial charge on any atom is -0.379 e. The van der Waals surface area contributed by atoms with Gasteiger partial charge in [-0.2, -0.15) is 0 Å². The Morgan fingerprint density at radius 3 is 2.25 bits per heavy atom. The molecule has 1 aliphatic rings. The molecule has 0 bridgehead atoms. The van der Waals surface area contributed by atoms with E-state index in [0.717, 1.165) is 39.1 Å². The van der Waals surface area contributed by atoms with E-state index in [2.05, 4.69) is 24.1 Å². The van der Waals surface area contributed by atoms with Crippen LogP contribution in [0, 0.1) is 5.92 Å². The fourth-order valence-electron chi connectivity index (χ4n) is 2.63. The smallest absolute Gasteiger partial charge is 0.233 e. The zero-order chi connectivity index (χ0) is 13.4. The number of carbonyl (C=O) groups is 1. The van der Waals surface area contributed by atoms with Gasteiger partial charge in [0.15, 0.2) is 0 Å². The summed E-state index contributed by atoms with van der Waals surface area (Å²) in [6.45, 7) is 8.70. The zero-order valence-electron chi connectivity index (χ0n) is 12.5. The molecule has 122 valence electrons. The van der Waals surface area contributed by atoms with Crippen molar-refractivity contribution in [3.05, 3.63) is 0 Å². The molecule has 5 nitrogen and oxygen atoms in total. The summed E-state index contributed by atoms with van der Waals surface area (Å²) in [6.07, 6.45) is 2.27. The first kappa shape index (κ1) is 22.2. The number of hydrogen-bond donors (Lipinski definition) is 2. The molecule has 1 aliphatic heterocycles. The van der Waals surface area contributed by atoms with Crippen LogP contribution in [0.2, 0.25) is 0 Å². The monoisotopic (exact) mass is 329 g/mol. The molecular formula is C13H29Cl2N3O2. The Balaban J connectivity index is 0. The van der Waals surface area contributed by atoms with E-state index in [9.17, 15) is 4.79 Å². The van der Waals surface area contributed by atoms with E-state index in [1.54, 1.807) is 0 Å². The molecule has 0 aliphatic carbocycles. The standard InChI is InChI=1S/C13H27N3O2.2ClH/c1-3-11(4-2)12(10-15-13(17)9-14)16-5-7-18-8-6-16;;/h11-12H,3-10,14H2,1-2H3,(H,15,17);2*1H. The Kier molecular flexibility index (Phi) is 14.1. The van der Waals surface area contributed by atoms with Crippen LogP contribution in [-0.2, 0) is 9.53 Å². The molecule has 1 rings (SSSR count). The highest BCUT2D eigenvalue weighted by molar-refractivity contribution is 5.85. The summed E-state index contributed by atoms with van der Waals surface area (Å²) in [6, 6.07) is 0.402. The average Bonchev–Trinajstić information content (AvgIpc) is 2.44. The maximum absolute atomic E-state index is 11.3. The maximum Gasteiger partial charge on any atom is 0.233 e. The molecule has 20 heavy (non-hydrogen) atoms. The molecule has 0 spiro atoms. The molecule has 7 heteroatoms. The van der Waals surface area contributed by atoms with Crippen molar-refractivity contribution in [1.82, 2.24) is 10.2 Å². The van der Waals surface area contributed by atoms with Crippen molar-refractivity contribution >= 4 is 30.7 Å². The van der Waals surface area contributed by atoms with Crippen LogP contribution in [0.4, 0.5) is 0 Å². The van der Waals surface area contributed by atoms with Crippen molar-refractivity contribution in [3.8, 4) is 0 Å². The molecule has 0 aromatic heterocycles. The van der Waals surface area contributed by atoms with Crippen LogP contribution < -0.4 is 11.1 Å². The highest BCUT2D eigenvalue weighted by atomic mass is 35.5.